The monoisotopic (exact) mass is 212 g/mol. The van der Waals surface area contributed by atoms with Gasteiger partial charge in [-0.15, -0.1) is 0 Å². The number of para-hydroxylation sites is 1. The first-order valence-electron chi connectivity index (χ1n) is 4.93. The average Bonchev–Trinajstić information content (AvgIpc) is 2.29. The van der Waals surface area contributed by atoms with Gasteiger partial charge in [0, 0.05) is 23.5 Å². The molecular formula is C13H12N2O. The van der Waals surface area contributed by atoms with Crippen LogP contribution in [0.3, 0.4) is 0 Å². The van der Waals surface area contributed by atoms with Crippen molar-refractivity contribution in [2.45, 2.75) is 0 Å². The van der Waals surface area contributed by atoms with Crippen LogP contribution in [0.1, 0.15) is 5.56 Å². The number of anilines is 1. The van der Waals surface area contributed by atoms with E-state index in [1.807, 2.05) is 30.3 Å². The number of hydrogen-bond acceptors (Lipinski definition) is 3. The van der Waals surface area contributed by atoms with Crippen molar-refractivity contribution in [3.63, 3.8) is 0 Å². The third kappa shape index (κ3) is 2.39. The molecule has 0 aliphatic carbocycles. The molecule has 0 aromatic heterocycles. The zero-order chi connectivity index (χ0) is 11.4. The Bertz CT molecular complexity index is 507. The molecule has 2 rings (SSSR count). The van der Waals surface area contributed by atoms with Gasteiger partial charge < -0.3 is 10.8 Å². The molecule has 2 aromatic carbocycles. The fraction of sp³-hybridized carbons (Fsp3) is 0. The summed E-state index contributed by atoms with van der Waals surface area (Å²) in [5, 5.41) is 9.60. The van der Waals surface area contributed by atoms with Crippen LogP contribution in [0.4, 0.5) is 11.4 Å². The first-order valence-corrected chi connectivity index (χ1v) is 4.93. The molecule has 80 valence electrons. The molecule has 0 atom stereocenters. The Hall–Kier alpha value is -2.29. The summed E-state index contributed by atoms with van der Waals surface area (Å²) in [5.41, 5.74) is 7.56. The predicted molar refractivity (Wildman–Crippen MR) is 66.2 cm³/mol. The molecule has 2 aromatic rings. The SMILES string of the molecule is Nc1ccc(C=Nc2ccccc2)c(O)c1. The number of nitrogen functional groups attached to an aromatic ring is 1. The highest BCUT2D eigenvalue weighted by Crippen LogP contribution is 2.19. The van der Waals surface area contributed by atoms with E-state index in [0.717, 1.165) is 5.69 Å². The van der Waals surface area contributed by atoms with Gasteiger partial charge in [0.1, 0.15) is 5.75 Å². The number of hydrogen-bond donors (Lipinski definition) is 2. The topological polar surface area (TPSA) is 58.6 Å². The maximum atomic E-state index is 9.60. The zero-order valence-electron chi connectivity index (χ0n) is 8.67. The van der Waals surface area contributed by atoms with Crippen molar-refractivity contribution in [3.05, 3.63) is 54.1 Å². The van der Waals surface area contributed by atoms with E-state index in [4.69, 9.17) is 5.73 Å². The molecule has 0 aliphatic heterocycles. The molecule has 0 spiro atoms. The number of phenolic OH excluding ortho intramolecular Hbond substituents is 1. The zero-order valence-corrected chi connectivity index (χ0v) is 8.67. The fourth-order valence-electron chi connectivity index (χ4n) is 1.33. The lowest BCUT2D eigenvalue weighted by Crippen LogP contribution is -1.87. The molecule has 0 bridgehead atoms. The number of aliphatic imine (C=N–C) groups is 1. The molecule has 0 saturated carbocycles. The van der Waals surface area contributed by atoms with Crippen molar-refractivity contribution in [3.8, 4) is 5.75 Å². The average molecular weight is 212 g/mol. The van der Waals surface area contributed by atoms with Gasteiger partial charge in [-0.1, -0.05) is 18.2 Å². The summed E-state index contributed by atoms with van der Waals surface area (Å²) in [7, 11) is 0. The second-order valence-electron chi connectivity index (χ2n) is 3.41. The molecule has 0 amide bonds. The van der Waals surface area contributed by atoms with Gasteiger partial charge in [0.25, 0.3) is 0 Å². The summed E-state index contributed by atoms with van der Waals surface area (Å²) in [5.74, 6) is 0.139. The van der Waals surface area contributed by atoms with E-state index in [1.165, 1.54) is 6.07 Å². The molecule has 0 heterocycles. The Morgan fingerprint density at radius 1 is 1.06 bits per heavy atom. The number of nitrogens with zero attached hydrogens (tertiary/aromatic N) is 1. The molecule has 3 nitrogen and oxygen atoms in total. The molecule has 0 radical (unpaired) electrons. The van der Waals surface area contributed by atoms with E-state index in [1.54, 1.807) is 18.3 Å². The highest BCUT2D eigenvalue weighted by Gasteiger charge is 1.97. The number of nitrogens with two attached hydrogens (primary N) is 1. The minimum absolute atomic E-state index is 0.139. The van der Waals surface area contributed by atoms with Gasteiger partial charge >= 0.3 is 0 Å². The quantitative estimate of drug-likeness (QED) is 0.594. The minimum Gasteiger partial charge on any atom is -0.507 e. The van der Waals surface area contributed by atoms with Crippen LogP contribution in [-0.2, 0) is 0 Å². The fourth-order valence-corrected chi connectivity index (χ4v) is 1.33. The molecule has 0 aliphatic rings. The Labute approximate surface area is 93.9 Å². The number of phenols is 1. The van der Waals surface area contributed by atoms with E-state index >= 15 is 0 Å². The molecule has 0 unspecified atom stereocenters. The maximum absolute atomic E-state index is 9.60. The van der Waals surface area contributed by atoms with Gasteiger partial charge in [0.2, 0.25) is 0 Å². The van der Waals surface area contributed by atoms with Crippen LogP contribution in [0.25, 0.3) is 0 Å². The van der Waals surface area contributed by atoms with Crippen LogP contribution >= 0.6 is 0 Å². The van der Waals surface area contributed by atoms with Gasteiger partial charge in [-0.05, 0) is 24.3 Å². The molecule has 3 N–H and O–H groups in total. The normalized spacial score (nSPS) is 10.8. The number of benzene rings is 2. The maximum Gasteiger partial charge on any atom is 0.126 e. The predicted octanol–water partition coefficient (Wildman–Crippen LogP) is 2.73. The van der Waals surface area contributed by atoms with Crippen molar-refractivity contribution in [2.24, 2.45) is 4.99 Å². The van der Waals surface area contributed by atoms with Crippen LogP contribution in [-0.4, -0.2) is 11.3 Å². The van der Waals surface area contributed by atoms with Crippen LogP contribution in [0.2, 0.25) is 0 Å². The van der Waals surface area contributed by atoms with Crippen molar-refractivity contribution in [1.82, 2.24) is 0 Å². The third-order valence-electron chi connectivity index (χ3n) is 2.16. The van der Waals surface area contributed by atoms with E-state index in [0.29, 0.717) is 11.3 Å². The lowest BCUT2D eigenvalue weighted by Gasteiger charge is -1.99. The first-order chi connectivity index (χ1) is 7.75. The van der Waals surface area contributed by atoms with Crippen molar-refractivity contribution >= 4 is 17.6 Å². The van der Waals surface area contributed by atoms with Gasteiger partial charge in [-0.25, -0.2) is 0 Å². The largest absolute Gasteiger partial charge is 0.507 e. The van der Waals surface area contributed by atoms with Gasteiger partial charge in [0.05, 0.1) is 5.69 Å². The van der Waals surface area contributed by atoms with E-state index in [-0.39, 0.29) is 5.75 Å². The highest BCUT2D eigenvalue weighted by molar-refractivity contribution is 5.86. The Morgan fingerprint density at radius 2 is 1.81 bits per heavy atom. The Morgan fingerprint density at radius 3 is 2.50 bits per heavy atom. The third-order valence-corrected chi connectivity index (χ3v) is 2.16. The number of aromatic hydroxyl groups is 1. The summed E-state index contributed by atoms with van der Waals surface area (Å²) in [4.78, 5) is 4.24. The van der Waals surface area contributed by atoms with E-state index < -0.39 is 0 Å². The van der Waals surface area contributed by atoms with Crippen molar-refractivity contribution < 1.29 is 5.11 Å². The van der Waals surface area contributed by atoms with Crippen LogP contribution in [0.5, 0.6) is 5.75 Å². The minimum atomic E-state index is 0.139. The lowest BCUT2D eigenvalue weighted by atomic mass is 10.2. The first kappa shape index (κ1) is 10.2. The van der Waals surface area contributed by atoms with Crippen LogP contribution < -0.4 is 5.73 Å². The molecule has 0 saturated heterocycles. The van der Waals surface area contributed by atoms with Crippen LogP contribution in [0, 0.1) is 0 Å². The summed E-state index contributed by atoms with van der Waals surface area (Å²) in [6.45, 7) is 0. The smallest absolute Gasteiger partial charge is 0.126 e. The Balaban J connectivity index is 2.24. The summed E-state index contributed by atoms with van der Waals surface area (Å²) in [6, 6.07) is 14.5. The van der Waals surface area contributed by atoms with Crippen molar-refractivity contribution in [2.75, 3.05) is 5.73 Å². The highest BCUT2D eigenvalue weighted by atomic mass is 16.3. The van der Waals surface area contributed by atoms with Gasteiger partial charge in [-0.3, -0.25) is 4.99 Å². The standard InChI is InChI=1S/C13H12N2O/c14-11-7-6-10(13(16)8-11)9-15-12-4-2-1-3-5-12/h1-9,16H,14H2. The van der Waals surface area contributed by atoms with E-state index in [2.05, 4.69) is 4.99 Å². The Kier molecular flexibility index (Phi) is 2.87. The van der Waals surface area contributed by atoms with E-state index in [9.17, 15) is 5.11 Å². The summed E-state index contributed by atoms with van der Waals surface area (Å²) >= 11 is 0. The molecule has 16 heavy (non-hydrogen) atoms. The second kappa shape index (κ2) is 4.49. The number of rotatable bonds is 2. The molecule has 3 heteroatoms. The van der Waals surface area contributed by atoms with Crippen LogP contribution in [0.15, 0.2) is 53.5 Å². The molecular weight excluding hydrogens is 200 g/mol. The lowest BCUT2D eigenvalue weighted by molar-refractivity contribution is 0.475. The molecule has 0 fully saturated rings. The summed E-state index contributed by atoms with van der Waals surface area (Å²) in [6.07, 6.45) is 1.62. The summed E-state index contributed by atoms with van der Waals surface area (Å²) < 4.78 is 0. The second-order valence-corrected chi connectivity index (χ2v) is 3.41. The van der Waals surface area contributed by atoms with Gasteiger partial charge in [-0.2, -0.15) is 0 Å². The van der Waals surface area contributed by atoms with Gasteiger partial charge in [0.15, 0.2) is 0 Å². The van der Waals surface area contributed by atoms with Crippen molar-refractivity contribution in [1.29, 1.82) is 0 Å².